The fourth-order valence-corrected chi connectivity index (χ4v) is 5.66. The van der Waals surface area contributed by atoms with Gasteiger partial charge < -0.3 is 99.9 Å². The average molecular weight is 799 g/mol. The van der Waals surface area contributed by atoms with Gasteiger partial charge in [-0.1, -0.05) is 0 Å². The van der Waals surface area contributed by atoms with Gasteiger partial charge in [-0.05, 0) is 36.4 Å². The van der Waals surface area contributed by atoms with Crippen molar-refractivity contribution in [2.24, 2.45) is 0 Å². The fraction of sp³-hybridized carbons (Fsp3) is 0.364. The van der Waals surface area contributed by atoms with E-state index in [0.29, 0.717) is 36.4 Å². The highest BCUT2D eigenvalue weighted by atomic mass is 16.8. The molecule has 0 radical (unpaired) electrons. The van der Waals surface area contributed by atoms with Gasteiger partial charge in [0.1, 0.15) is 43.7 Å². The molecule has 0 aromatic heterocycles. The number of phenolic OH excluding ortho intramolecular Hbond substituents is 9. The molecule has 0 spiro atoms. The predicted octanol–water partition coefficient (Wildman–Crippen LogP) is -2.45. The van der Waals surface area contributed by atoms with E-state index in [9.17, 15) is 85.9 Å². The van der Waals surface area contributed by atoms with Crippen molar-refractivity contribution >= 4 is 17.9 Å². The number of phenols is 9. The molecule has 0 saturated carbocycles. The lowest BCUT2D eigenvalue weighted by Gasteiger charge is -2.43. The molecule has 23 nitrogen and oxygen atoms in total. The molecule has 2 aliphatic rings. The van der Waals surface area contributed by atoms with E-state index in [1.807, 2.05) is 0 Å². The standard InChI is InChI=1S/C33H34O23/c34-7-19-24(45)25(46)26(47)32(52-19)56-33(9-35)28(54-31(50)12-5-17(40)23(44)18(41)6-12)27(53-30(49)11-3-15(38)22(43)16(39)4-11)20(55-33)8-51-29(48)10-1-13(36)21(42)14(37)2-10/h1-6,19-20,24-28,32,34-47H,7-9H2/t19-,20-,24-,25+,26-,27-,28+,32-,33+/m1/s1. The summed E-state index contributed by atoms with van der Waals surface area (Å²) in [5.41, 5.74) is -1.96. The van der Waals surface area contributed by atoms with Crippen molar-refractivity contribution in [2.45, 2.75) is 54.8 Å². The maximum Gasteiger partial charge on any atom is 0.339 e. The molecule has 3 aromatic carbocycles. The van der Waals surface area contributed by atoms with E-state index in [1.54, 1.807) is 0 Å². The molecule has 2 fully saturated rings. The summed E-state index contributed by atoms with van der Waals surface area (Å²) in [6.07, 6.45) is -16.5. The van der Waals surface area contributed by atoms with E-state index in [1.165, 1.54) is 0 Å². The van der Waals surface area contributed by atoms with Gasteiger partial charge in [-0.25, -0.2) is 14.4 Å². The van der Waals surface area contributed by atoms with Crippen molar-refractivity contribution in [3.8, 4) is 51.7 Å². The van der Waals surface area contributed by atoms with Crippen LogP contribution in [0.4, 0.5) is 0 Å². The highest BCUT2D eigenvalue weighted by Gasteiger charge is 2.63. The van der Waals surface area contributed by atoms with Gasteiger partial charge in [0.2, 0.25) is 5.79 Å². The summed E-state index contributed by atoms with van der Waals surface area (Å²) in [7, 11) is 0. The summed E-state index contributed by atoms with van der Waals surface area (Å²) in [5.74, 6) is -16.4. The molecule has 14 N–H and O–H groups in total. The molecule has 2 heterocycles. The van der Waals surface area contributed by atoms with Crippen LogP contribution in [0.25, 0.3) is 0 Å². The van der Waals surface area contributed by atoms with Crippen LogP contribution in [-0.2, 0) is 28.4 Å². The molecule has 56 heavy (non-hydrogen) atoms. The quantitative estimate of drug-likeness (QED) is 0.0544. The van der Waals surface area contributed by atoms with Crippen LogP contribution in [0.2, 0.25) is 0 Å². The Labute approximate surface area is 311 Å². The van der Waals surface area contributed by atoms with E-state index < -0.39 is 161 Å². The molecule has 5 rings (SSSR count). The summed E-state index contributed by atoms with van der Waals surface area (Å²) in [5, 5.41) is 141. The fourth-order valence-electron chi connectivity index (χ4n) is 5.66. The third-order valence-corrected chi connectivity index (χ3v) is 8.61. The van der Waals surface area contributed by atoms with Crippen molar-refractivity contribution in [3.05, 3.63) is 53.1 Å². The lowest BCUT2D eigenvalue weighted by Crippen LogP contribution is -2.63. The molecule has 2 aliphatic heterocycles. The first kappa shape index (κ1) is 41.1. The Bertz CT molecular complexity index is 1910. The zero-order chi connectivity index (χ0) is 41.4. The van der Waals surface area contributed by atoms with E-state index in [-0.39, 0.29) is 0 Å². The highest BCUT2D eigenvalue weighted by Crippen LogP contribution is 2.43. The second kappa shape index (κ2) is 16.0. The van der Waals surface area contributed by atoms with Gasteiger partial charge in [0.05, 0.1) is 23.3 Å². The van der Waals surface area contributed by atoms with Gasteiger partial charge in [0.15, 0.2) is 70.2 Å². The number of aliphatic hydroxyl groups is 5. The number of aromatic hydroxyl groups is 9. The van der Waals surface area contributed by atoms with Crippen LogP contribution in [0.3, 0.4) is 0 Å². The number of carbonyl (C=O) groups excluding carboxylic acids is 3. The molecule has 0 aliphatic carbocycles. The van der Waals surface area contributed by atoms with Crippen molar-refractivity contribution in [3.63, 3.8) is 0 Å². The minimum absolute atomic E-state index is 0.569. The zero-order valence-electron chi connectivity index (χ0n) is 28.1. The van der Waals surface area contributed by atoms with Crippen LogP contribution >= 0.6 is 0 Å². The Kier molecular flexibility index (Phi) is 11.7. The summed E-state index contributed by atoms with van der Waals surface area (Å²) >= 11 is 0. The summed E-state index contributed by atoms with van der Waals surface area (Å²) in [4.78, 5) is 40.1. The minimum atomic E-state index is -2.94. The number of carbonyl (C=O) groups is 3. The normalized spacial score (nSPS) is 27.4. The average Bonchev–Trinajstić information content (AvgIpc) is 3.44. The third-order valence-electron chi connectivity index (χ3n) is 8.61. The Morgan fingerprint density at radius 1 is 0.589 bits per heavy atom. The molecular formula is C33H34O23. The van der Waals surface area contributed by atoms with Crippen LogP contribution in [0, 0.1) is 0 Å². The number of hydrogen-bond donors (Lipinski definition) is 14. The Balaban J connectivity index is 1.59. The monoisotopic (exact) mass is 798 g/mol. The SMILES string of the molecule is O=C(OC[C@H]1O[C@@](CO)(O[C@H]2O[C@H](CO)[C@@H](O)[C@H](O)[C@H]2O)[C@@H](OC(=O)c2cc(O)c(O)c(O)c2)[C@@H]1OC(=O)c1cc(O)c(O)c(O)c1)c1cc(O)c(O)c(O)c1. The van der Waals surface area contributed by atoms with E-state index in [0.717, 1.165) is 0 Å². The van der Waals surface area contributed by atoms with Crippen molar-refractivity contribution in [1.29, 1.82) is 0 Å². The number of hydrogen-bond acceptors (Lipinski definition) is 23. The Morgan fingerprint density at radius 2 is 1.02 bits per heavy atom. The minimum Gasteiger partial charge on any atom is -0.504 e. The topological polar surface area (TPSA) is 390 Å². The van der Waals surface area contributed by atoms with Gasteiger partial charge in [-0.2, -0.15) is 0 Å². The predicted molar refractivity (Wildman–Crippen MR) is 173 cm³/mol. The number of esters is 3. The lowest BCUT2D eigenvalue weighted by molar-refractivity contribution is -0.383. The van der Waals surface area contributed by atoms with E-state index in [4.69, 9.17) is 28.4 Å². The van der Waals surface area contributed by atoms with Gasteiger partial charge in [-0.3, -0.25) is 0 Å². The second-order valence-electron chi connectivity index (χ2n) is 12.3. The van der Waals surface area contributed by atoms with Gasteiger partial charge in [-0.15, -0.1) is 0 Å². The highest BCUT2D eigenvalue weighted by molar-refractivity contribution is 5.93. The lowest BCUT2D eigenvalue weighted by atomic mass is 9.99. The van der Waals surface area contributed by atoms with Crippen molar-refractivity contribution in [2.75, 3.05) is 19.8 Å². The molecule has 0 bridgehead atoms. The number of benzene rings is 3. The number of aliphatic hydroxyl groups excluding tert-OH is 5. The first-order chi connectivity index (χ1) is 26.3. The van der Waals surface area contributed by atoms with Crippen LogP contribution in [0.1, 0.15) is 31.1 Å². The molecule has 23 heteroatoms. The van der Waals surface area contributed by atoms with Crippen LogP contribution < -0.4 is 0 Å². The summed E-state index contributed by atoms with van der Waals surface area (Å²) in [6.45, 7) is -3.53. The summed E-state index contributed by atoms with van der Waals surface area (Å²) in [6, 6.07) is 3.83. The zero-order valence-corrected chi connectivity index (χ0v) is 28.1. The Hall–Kier alpha value is -6.05. The van der Waals surface area contributed by atoms with Crippen molar-refractivity contribution < 1.29 is 114 Å². The second-order valence-corrected chi connectivity index (χ2v) is 12.3. The van der Waals surface area contributed by atoms with Crippen LogP contribution in [-0.4, -0.2) is 164 Å². The first-order valence-electron chi connectivity index (χ1n) is 15.9. The van der Waals surface area contributed by atoms with Crippen LogP contribution in [0.5, 0.6) is 51.7 Å². The van der Waals surface area contributed by atoms with Gasteiger partial charge >= 0.3 is 17.9 Å². The third kappa shape index (κ3) is 7.86. The molecule has 0 amide bonds. The molecule has 0 unspecified atom stereocenters. The van der Waals surface area contributed by atoms with Gasteiger partial charge in [0, 0.05) is 0 Å². The first-order valence-corrected chi connectivity index (χ1v) is 15.9. The van der Waals surface area contributed by atoms with Gasteiger partial charge in [0.25, 0.3) is 0 Å². The number of ether oxygens (including phenoxy) is 6. The summed E-state index contributed by atoms with van der Waals surface area (Å²) < 4.78 is 33.1. The molecule has 304 valence electrons. The largest absolute Gasteiger partial charge is 0.504 e. The Morgan fingerprint density at radius 3 is 1.45 bits per heavy atom. The molecular weight excluding hydrogens is 764 g/mol. The maximum atomic E-state index is 13.6. The molecule has 9 atom stereocenters. The van der Waals surface area contributed by atoms with Crippen LogP contribution in [0.15, 0.2) is 36.4 Å². The molecule has 2 saturated heterocycles. The maximum absolute atomic E-state index is 13.6. The molecule has 3 aromatic rings. The van der Waals surface area contributed by atoms with E-state index >= 15 is 0 Å². The van der Waals surface area contributed by atoms with Crippen molar-refractivity contribution in [1.82, 2.24) is 0 Å². The van der Waals surface area contributed by atoms with E-state index in [2.05, 4.69) is 0 Å². The smallest absolute Gasteiger partial charge is 0.339 e. The number of rotatable bonds is 11.